The van der Waals surface area contributed by atoms with Crippen LogP contribution >= 0.6 is 11.6 Å². The second-order valence-electron chi connectivity index (χ2n) is 9.58. The van der Waals surface area contributed by atoms with Gasteiger partial charge in [0.1, 0.15) is 16.3 Å². The van der Waals surface area contributed by atoms with E-state index in [1.807, 2.05) is 36.4 Å². The monoisotopic (exact) mass is 592 g/mol. The van der Waals surface area contributed by atoms with E-state index < -0.39 is 34.9 Å². The zero-order chi connectivity index (χ0) is 30.3. The van der Waals surface area contributed by atoms with Gasteiger partial charge in [-0.2, -0.15) is 0 Å². The molecule has 0 spiro atoms. The third-order valence-electron chi connectivity index (χ3n) is 7.00. The zero-order valence-corrected chi connectivity index (χ0v) is 24.7. The van der Waals surface area contributed by atoms with E-state index in [0.717, 1.165) is 5.56 Å². The molecule has 0 saturated heterocycles. The third-order valence-corrected chi connectivity index (χ3v) is 7.50. The van der Waals surface area contributed by atoms with Crippen LogP contribution in [0, 0.1) is 0 Å². The van der Waals surface area contributed by atoms with Crippen LogP contribution in [0.15, 0.2) is 85.2 Å². The standard InChI is InChI=1S/C31H33ClN4O6/c1-30(32)23(20-10-7-6-8-11-20)12-9-17-31(30,35-26(37)24-15-13-21(18-33-24)28(39-2)40-3)36-27(38)25-16-14-22(19-34-25)29(41-4)42-5/h6-19,28-29H,1-5H3,(H,35,37)(H,36,38). The molecule has 3 aromatic rings. The van der Waals surface area contributed by atoms with Crippen molar-refractivity contribution >= 4 is 29.0 Å². The average Bonchev–Trinajstić information content (AvgIpc) is 3.01. The molecule has 1 aliphatic carbocycles. The van der Waals surface area contributed by atoms with Gasteiger partial charge in [-0.15, -0.1) is 11.6 Å². The summed E-state index contributed by atoms with van der Waals surface area (Å²) in [7, 11) is 6.02. The number of rotatable bonds is 11. The Hall–Kier alpha value is -3.93. The van der Waals surface area contributed by atoms with Gasteiger partial charge in [-0.05, 0) is 36.3 Å². The fourth-order valence-electron chi connectivity index (χ4n) is 4.73. The van der Waals surface area contributed by atoms with Gasteiger partial charge in [-0.3, -0.25) is 19.6 Å². The summed E-state index contributed by atoms with van der Waals surface area (Å²) in [6, 6.07) is 15.9. The smallest absolute Gasteiger partial charge is 0.271 e. The van der Waals surface area contributed by atoms with E-state index in [4.69, 9.17) is 30.5 Å². The normalized spacial score (nSPS) is 17.7. The van der Waals surface area contributed by atoms with Crippen molar-refractivity contribution in [2.24, 2.45) is 0 Å². The summed E-state index contributed by atoms with van der Waals surface area (Å²) >= 11 is 7.31. The number of methoxy groups -OCH3 is 4. The Bertz CT molecular complexity index is 1370. The van der Waals surface area contributed by atoms with E-state index in [-0.39, 0.29) is 11.4 Å². The molecule has 11 heteroatoms. The lowest BCUT2D eigenvalue weighted by Crippen LogP contribution is -2.70. The van der Waals surface area contributed by atoms with Crippen LogP contribution in [0.5, 0.6) is 0 Å². The van der Waals surface area contributed by atoms with Gasteiger partial charge in [0, 0.05) is 52.0 Å². The summed E-state index contributed by atoms with van der Waals surface area (Å²) in [4.78, 5) is 34.5. The molecule has 1 unspecified atom stereocenters. The Kier molecular flexibility index (Phi) is 9.87. The van der Waals surface area contributed by atoms with Gasteiger partial charge in [-0.25, -0.2) is 0 Å². The number of alkyl halides is 1. The molecule has 0 radical (unpaired) electrons. The van der Waals surface area contributed by atoms with E-state index in [1.165, 1.54) is 40.8 Å². The van der Waals surface area contributed by atoms with Crippen molar-refractivity contribution in [1.82, 2.24) is 20.6 Å². The quantitative estimate of drug-likeness (QED) is 0.245. The first-order valence-electron chi connectivity index (χ1n) is 13.0. The molecule has 2 heterocycles. The number of halogens is 1. The number of nitrogens with one attached hydrogen (secondary N) is 2. The highest BCUT2D eigenvalue weighted by Gasteiger charge is 2.52. The average molecular weight is 593 g/mol. The Labute approximate surface area is 249 Å². The Morgan fingerprint density at radius 3 is 1.64 bits per heavy atom. The topological polar surface area (TPSA) is 121 Å². The maximum absolute atomic E-state index is 13.6. The maximum atomic E-state index is 13.6. The molecule has 0 bridgehead atoms. The molecule has 0 fully saturated rings. The van der Waals surface area contributed by atoms with Crippen LogP contribution in [0.25, 0.3) is 5.57 Å². The lowest BCUT2D eigenvalue weighted by Gasteiger charge is -2.46. The van der Waals surface area contributed by atoms with Crippen LogP contribution < -0.4 is 10.6 Å². The number of ether oxygens (including phenoxy) is 4. The number of carbonyl (C=O) groups is 2. The molecule has 2 N–H and O–H groups in total. The van der Waals surface area contributed by atoms with Gasteiger partial charge < -0.3 is 29.6 Å². The Morgan fingerprint density at radius 1 is 0.762 bits per heavy atom. The second-order valence-corrected chi connectivity index (χ2v) is 10.3. The summed E-state index contributed by atoms with van der Waals surface area (Å²) in [5, 5.41) is 5.88. The molecule has 1 atom stereocenters. The van der Waals surface area contributed by atoms with Gasteiger partial charge in [0.05, 0.1) is 0 Å². The molecule has 220 valence electrons. The van der Waals surface area contributed by atoms with E-state index in [1.54, 1.807) is 43.3 Å². The van der Waals surface area contributed by atoms with Gasteiger partial charge in [-0.1, -0.05) is 54.6 Å². The first kappa shape index (κ1) is 31.0. The lowest BCUT2D eigenvalue weighted by atomic mass is 9.78. The molecule has 42 heavy (non-hydrogen) atoms. The van der Waals surface area contributed by atoms with E-state index in [9.17, 15) is 9.59 Å². The van der Waals surface area contributed by atoms with Gasteiger partial charge >= 0.3 is 0 Å². The first-order chi connectivity index (χ1) is 20.2. The number of hydrogen-bond acceptors (Lipinski definition) is 8. The summed E-state index contributed by atoms with van der Waals surface area (Å²) in [5.74, 6) is -1.13. The molecule has 2 amide bonds. The highest BCUT2D eigenvalue weighted by Crippen LogP contribution is 2.44. The van der Waals surface area contributed by atoms with E-state index in [0.29, 0.717) is 16.7 Å². The predicted octanol–water partition coefficient (Wildman–Crippen LogP) is 4.57. The SMILES string of the molecule is COC(OC)c1ccc(C(=O)NC2(NC(=O)c3ccc(C(OC)OC)cn3)C=CC=C(c3ccccc3)C2(C)Cl)nc1. The van der Waals surface area contributed by atoms with Gasteiger partial charge in [0.25, 0.3) is 11.8 Å². The minimum atomic E-state index is -1.59. The molecule has 0 aliphatic heterocycles. The maximum Gasteiger partial charge on any atom is 0.271 e. The van der Waals surface area contributed by atoms with Crippen LogP contribution in [0.1, 0.15) is 57.2 Å². The Morgan fingerprint density at radius 2 is 1.24 bits per heavy atom. The number of aromatic nitrogens is 2. The molecular weight excluding hydrogens is 560 g/mol. The lowest BCUT2D eigenvalue weighted by molar-refractivity contribution is -0.106. The number of amides is 2. The van der Waals surface area contributed by atoms with Crippen molar-refractivity contribution in [3.05, 3.63) is 113 Å². The summed E-state index contributed by atoms with van der Waals surface area (Å²) < 4.78 is 21.0. The van der Waals surface area contributed by atoms with Crippen LogP contribution in [-0.2, 0) is 18.9 Å². The summed E-state index contributed by atoms with van der Waals surface area (Å²) in [6.45, 7) is 1.73. The predicted molar refractivity (Wildman–Crippen MR) is 157 cm³/mol. The van der Waals surface area contributed by atoms with Crippen LogP contribution in [0.3, 0.4) is 0 Å². The molecule has 2 aromatic heterocycles. The largest absolute Gasteiger partial charge is 0.352 e. The Balaban J connectivity index is 1.69. The fraction of sp³-hybridized carbons (Fsp3) is 0.290. The number of carbonyl (C=O) groups excluding carboxylic acids is 2. The third kappa shape index (κ3) is 6.28. The van der Waals surface area contributed by atoms with Crippen LogP contribution in [0.4, 0.5) is 0 Å². The van der Waals surface area contributed by atoms with E-state index >= 15 is 0 Å². The van der Waals surface area contributed by atoms with Crippen molar-refractivity contribution in [2.45, 2.75) is 30.0 Å². The van der Waals surface area contributed by atoms with Crippen molar-refractivity contribution in [1.29, 1.82) is 0 Å². The van der Waals surface area contributed by atoms with Crippen LogP contribution in [-0.4, -0.2) is 60.8 Å². The summed E-state index contributed by atoms with van der Waals surface area (Å²) in [6.07, 6.45) is 6.95. The fourth-order valence-corrected chi connectivity index (χ4v) is 5.06. The van der Waals surface area contributed by atoms with Gasteiger partial charge in [0.2, 0.25) is 0 Å². The minimum absolute atomic E-state index is 0.0997. The molecule has 1 aromatic carbocycles. The van der Waals surface area contributed by atoms with Gasteiger partial charge in [0.15, 0.2) is 18.2 Å². The number of nitrogens with zero attached hydrogens (tertiary/aromatic N) is 2. The highest BCUT2D eigenvalue weighted by atomic mass is 35.5. The highest BCUT2D eigenvalue weighted by molar-refractivity contribution is 6.32. The molecular formula is C31H33ClN4O6. The van der Waals surface area contributed by atoms with Crippen molar-refractivity contribution in [2.75, 3.05) is 28.4 Å². The minimum Gasteiger partial charge on any atom is -0.352 e. The molecule has 1 aliphatic rings. The van der Waals surface area contributed by atoms with Crippen molar-refractivity contribution in [3.63, 3.8) is 0 Å². The number of pyridine rings is 2. The first-order valence-corrected chi connectivity index (χ1v) is 13.4. The second kappa shape index (κ2) is 13.4. The zero-order valence-electron chi connectivity index (χ0n) is 24.0. The molecule has 0 saturated carbocycles. The van der Waals surface area contributed by atoms with Crippen molar-refractivity contribution < 1.29 is 28.5 Å². The summed E-state index contributed by atoms with van der Waals surface area (Å²) in [5.41, 5.74) is 1.38. The van der Waals surface area contributed by atoms with E-state index in [2.05, 4.69) is 20.6 Å². The number of allylic oxidation sites excluding steroid dienone is 2. The molecule has 4 rings (SSSR count). The number of hydrogen-bond donors (Lipinski definition) is 2. The number of benzene rings is 1. The van der Waals surface area contributed by atoms with Crippen LogP contribution in [0.2, 0.25) is 0 Å². The van der Waals surface area contributed by atoms with Crippen molar-refractivity contribution in [3.8, 4) is 0 Å². The molecule has 10 nitrogen and oxygen atoms in total.